The molecular formula is C15H25NO. The summed E-state index contributed by atoms with van der Waals surface area (Å²) in [6.45, 7) is 4.93. The lowest BCUT2D eigenvalue weighted by Gasteiger charge is -2.05. The molecule has 0 aliphatic rings. The molecule has 2 nitrogen and oxygen atoms in total. The first kappa shape index (κ1) is 14.0. The zero-order valence-corrected chi connectivity index (χ0v) is 11.2. The van der Waals surface area contributed by atoms with Crippen LogP contribution in [0.4, 0.5) is 0 Å². The van der Waals surface area contributed by atoms with E-state index in [4.69, 9.17) is 4.74 Å². The van der Waals surface area contributed by atoms with E-state index in [0.717, 1.165) is 18.0 Å². The molecule has 0 radical (unpaired) electrons. The lowest BCUT2D eigenvalue weighted by Crippen LogP contribution is -1.97. The first-order valence-corrected chi connectivity index (χ1v) is 6.95. The van der Waals surface area contributed by atoms with Crippen LogP contribution in [-0.4, -0.2) is 11.6 Å². The minimum atomic E-state index is 0.688. The minimum absolute atomic E-state index is 0.688. The van der Waals surface area contributed by atoms with Crippen molar-refractivity contribution in [2.75, 3.05) is 6.61 Å². The third kappa shape index (κ3) is 6.30. The number of unbranched alkanes of at least 4 members (excludes halogenated alkanes) is 5. The maximum atomic E-state index is 5.39. The molecule has 0 atom stereocenters. The van der Waals surface area contributed by atoms with Crippen LogP contribution >= 0.6 is 0 Å². The van der Waals surface area contributed by atoms with Crippen molar-refractivity contribution in [1.82, 2.24) is 4.98 Å². The van der Waals surface area contributed by atoms with Gasteiger partial charge in [-0.25, -0.2) is 4.98 Å². The Bertz CT molecular complexity index is 299. The highest BCUT2D eigenvalue weighted by molar-refractivity contribution is 5.15. The first-order valence-electron chi connectivity index (χ1n) is 6.95. The standard InChI is InChI=1S/C15H25NO/c1-3-5-6-7-8-9-11-14-12-10-13-15(16-14)17-4-2/h10,12-13H,3-9,11H2,1-2H3. The zero-order chi connectivity index (χ0) is 12.3. The number of pyridine rings is 1. The Kier molecular flexibility index (Phi) is 7.44. The molecule has 17 heavy (non-hydrogen) atoms. The zero-order valence-electron chi connectivity index (χ0n) is 11.2. The van der Waals surface area contributed by atoms with Crippen molar-refractivity contribution in [3.05, 3.63) is 23.9 Å². The monoisotopic (exact) mass is 235 g/mol. The fourth-order valence-electron chi connectivity index (χ4n) is 1.91. The SMILES string of the molecule is CCCCCCCCc1cccc(OCC)n1. The van der Waals surface area contributed by atoms with Gasteiger partial charge in [0, 0.05) is 11.8 Å². The molecule has 0 aliphatic heterocycles. The van der Waals surface area contributed by atoms with Gasteiger partial charge in [-0.3, -0.25) is 0 Å². The van der Waals surface area contributed by atoms with E-state index in [1.807, 2.05) is 19.1 Å². The molecule has 2 heteroatoms. The molecule has 0 fully saturated rings. The van der Waals surface area contributed by atoms with Gasteiger partial charge in [-0.2, -0.15) is 0 Å². The van der Waals surface area contributed by atoms with E-state index in [9.17, 15) is 0 Å². The number of rotatable bonds is 9. The molecule has 0 N–H and O–H groups in total. The van der Waals surface area contributed by atoms with Crippen LogP contribution in [-0.2, 0) is 6.42 Å². The highest BCUT2D eigenvalue weighted by Gasteiger charge is 1.98. The topological polar surface area (TPSA) is 22.1 Å². The Hall–Kier alpha value is -1.05. The summed E-state index contributed by atoms with van der Waals surface area (Å²) in [5.41, 5.74) is 1.16. The number of hydrogen-bond donors (Lipinski definition) is 0. The van der Waals surface area contributed by atoms with Gasteiger partial charge in [0.2, 0.25) is 5.88 Å². The summed E-state index contributed by atoms with van der Waals surface area (Å²) in [4.78, 5) is 4.47. The molecule has 0 spiro atoms. The molecule has 1 aromatic rings. The number of hydrogen-bond acceptors (Lipinski definition) is 2. The molecule has 0 saturated carbocycles. The van der Waals surface area contributed by atoms with Crippen molar-refractivity contribution in [3.8, 4) is 5.88 Å². The maximum Gasteiger partial charge on any atom is 0.213 e. The van der Waals surface area contributed by atoms with E-state index in [2.05, 4.69) is 18.0 Å². The smallest absolute Gasteiger partial charge is 0.213 e. The van der Waals surface area contributed by atoms with E-state index in [-0.39, 0.29) is 0 Å². The molecule has 1 aromatic heterocycles. The van der Waals surface area contributed by atoms with Crippen LogP contribution in [0.2, 0.25) is 0 Å². The van der Waals surface area contributed by atoms with Crippen molar-refractivity contribution in [2.45, 2.75) is 58.8 Å². The van der Waals surface area contributed by atoms with Crippen molar-refractivity contribution in [1.29, 1.82) is 0 Å². The van der Waals surface area contributed by atoms with Gasteiger partial charge in [-0.15, -0.1) is 0 Å². The average Bonchev–Trinajstić information content (AvgIpc) is 2.35. The molecule has 1 rings (SSSR count). The Morgan fingerprint density at radius 3 is 2.53 bits per heavy atom. The van der Waals surface area contributed by atoms with Gasteiger partial charge >= 0.3 is 0 Å². The predicted molar refractivity (Wildman–Crippen MR) is 72.5 cm³/mol. The molecular weight excluding hydrogens is 210 g/mol. The average molecular weight is 235 g/mol. The number of aryl methyl sites for hydroxylation is 1. The van der Waals surface area contributed by atoms with Crippen LogP contribution in [0, 0.1) is 0 Å². The van der Waals surface area contributed by atoms with E-state index >= 15 is 0 Å². The maximum absolute atomic E-state index is 5.39. The summed E-state index contributed by atoms with van der Waals surface area (Å²) < 4.78 is 5.39. The van der Waals surface area contributed by atoms with E-state index < -0.39 is 0 Å². The fraction of sp³-hybridized carbons (Fsp3) is 0.667. The molecule has 0 saturated heterocycles. The minimum Gasteiger partial charge on any atom is -0.478 e. The summed E-state index contributed by atoms with van der Waals surface area (Å²) in [5, 5.41) is 0. The van der Waals surface area contributed by atoms with E-state index in [0.29, 0.717) is 6.61 Å². The van der Waals surface area contributed by atoms with Gasteiger partial charge in [0.15, 0.2) is 0 Å². The van der Waals surface area contributed by atoms with Gasteiger partial charge in [0.25, 0.3) is 0 Å². The Labute approximate surface area is 105 Å². The normalized spacial score (nSPS) is 10.5. The molecule has 0 amide bonds. The molecule has 96 valence electrons. The largest absolute Gasteiger partial charge is 0.478 e. The van der Waals surface area contributed by atoms with Gasteiger partial charge in [-0.1, -0.05) is 45.1 Å². The molecule has 0 aromatic carbocycles. The summed E-state index contributed by atoms with van der Waals surface area (Å²) in [5.74, 6) is 0.760. The highest BCUT2D eigenvalue weighted by Crippen LogP contribution is 2.11. The van der Waals surface area contributed by atoms with Gasteiger partial charge in [-0.05, 0) is 25.8 Å². The van der Waals surface area contributed by atoms with Crippen molar-refractivity contribution < 1.29 is 4.74 Å². The van der Waals surface area contributed by atoms with Crippen LogP contribution in [0.5, 0.6) is 5.88 Å². The van der Waals surface area contributed by atoms with E-state index in [1.54, 1.807) is 0 Å². The van der Waals surface area contributed by atoms with Crippen LogP contribution in [0.3, 0.4) is 0 Å². The summed E-state index contributed by atoms with van der Waals surface area (Å²) >= 11 is 0. The Morgan fingerprint density at radius 2 is 1.76 bits per heavy atom. The summed E-state index contributed by atoms with van der Waals surface area (Å²) in [6.07, 6.45) is 9.07. The number of ether oxygens (including phenoxy) is 1. The van der Waals surface area contributed by atoms with Gasteiger partial charge in [0.1, 0.15) is 0 Å². The predicted octanol–water partition coefficient (Wildman–Crippen LogP) is 4.38. The van der Waals surface area contributed by atoms with Crippen molar-refractivity contribution >= 4 is 0 Å². The highest BCUT2D eigenvalue weighted by atomic mass is 16.5. The quantitative estimate of drug-likeness (QED) is 0.592. The molecule has 0 bridgehead atoms. The number of nitrogens with zero attached hydrogens (tertiary/aromatic N) is 1. The Morgan fingerprint density at radius 1 is 1.00 bits per heavy atom. The lowest BCUT2D eigenvalue weighted by molar-refractivity contribution is 0.325. The van der Waals surface area contributed by atoms with Crippen LogP contribution in [0.15, 0.2) is 18.2 Å². The number of aromatic nitrogens is 1. The van der Waals surface area contributed by atoms with Crippen molar-refractivity contribution in [2.24, 2.45) is 0 Å². The molecule has 1 heterocycles. The molecule has 0 unspecified atom stereocenters. The molecule has 0 aliphatic carbocycles. The fourth-order valence-corrected chi connectivity index (χ4v) is 1.91. The van der Waals surface area contributed by atoms with Crippen molar-refractivity contribution in [3.63, 3.8) is 0 Å². The summed E-state index contributed by atoms with van der Waals surface area (Å²) in [7, 11) is 0. The van der Waals surface area contributed by atoms with Crippen LogP contribution in [0.25, 0.3) is 0 Å². The second-order valence-corrected chi connectivity index (χ2v) is 4.42. The van der Waals surface area contributed by atoms with Crippen LogP contribution in [0.1, 0.15) is 58.1 Å². The second kappa shape index (κ2) is 9.03. The Balaban J connectivity index is 2.19. The van der Waals surface area contributed by atoms with Gasteiger partial charge in [0.05, 0.1) is 6.61 Å². The first-order chi connectivity index (χ1) is 8.36. The second-order valence-electron chi connectivity index (χ2n) is 4.42. The lowest BCUT2D eigenvalue weighted by atomic mass is 10.1. The van der Waals surface area contributed by atoms with Crippen LogP contribution < -0.4 is 4.74 Å². The summed E-state index contributed by atoms with van der Waals surface area (Å²) in [6, 6.07) is 6.05. The van der Waals surface area contributed by atoms with Gasteiger partial charge < -0.3 is 4.74 Å². The third-order valence-electron chi connectivity index (χ3n) is 2.86. The van der Waals surface area contributed by atoms with E-state index in [1.165, 1.54) is 38.5 Å². The third-order valence-corrected chi connectivity index (χ3v) is 2.86.